The van der Waals surface area contributed by atoms with E-state index in [0.29, 0.717) is 25.4 Å². The maximum atomic E-state index is 11.5. The molecule has 4 nitrogen and oxygen atoms in total. The van der Waals surface area contributed by atoms with Crippen LogP contribution in [0.3, 0.4) is 0 Å². The van der Waals surface area contributed by atoms with E-state index in [-0.39, 0.29) is 5.15 Å². The van der Waals surface area contributed by atoms with Gasteiger partial charge in [0, 0.05) is 5.56 Å². The number of carbonyl (C=O) groups is 1. The molecule has 1 aliphatic heterocycles. The van der Waals surface area contributed by atoms with Gasteiger partial charge in [-0.25, -0.2) is 9.78 Å². The van der Waals surface area contributed by atoms with Crippen molar-refractivity contribution in [1.82, 2.24) is 4.98 Å². The Morgan fingerprint density at radius 2 is 2.47 bits per heavy atom. The van der Waals surface area contributed by atoms with E-state index in [1.54, 1.807) is 13.0 Å². The molecule has 0 saturated carbocycles. The highest BCUT2D eigenvalue weighted by Crippen LogP contribution is 2.24. The van der Waals surface area contributed by atoms with Crippen LogP contribution in [0.1, 0.15) is 28.5 Å². The summed E-state index contributed by atoms with van der Waals surface area (Å²) in [5.41, 5.74) is 2.01. The lowest BCUT2D eigenvalue weighted by atomic mass is 10.1. The number of ether oxygens (including phenoxy) is 2. The molecule has 0 bridgehead atoms. The first-order valence-electron chi connectivity index (χ1n) is 4.65. The third-order valence-electron chi connectivity index (χ3n) is 2.14. The Morgan fingerprint density at radius 1 is 1.67 bits per heavy atom. The van der Waals surface area contributed by atoms with Crippen LogP contribution < -0.4 is 0 Å². The van der Waals surface area contributed by atoms with Crippen LogP contribution in [-0.2, 0) is 22.7 Å². The number of hydrogen-bond donors (Lipinski definition) is 0. The number of fused-ring (bicyclic) bond motifs is 1. The maximum absolute atomic E-state index is 11.5. The molecular weight excluding hydrogens is 218 g/mol. The van der Waals surface area contributed by atoms with Gasteiger partial charge >= 0.3 is 5.97 Å². The highest BCUT2D eigenvalue weighted by Gasteiger charge is 2.20. The summed E-state index contributed by atoms with van der Waals surface area (Å²) in [6.07, 6.45) is 0. The quantitative estimate of drug-likeness (QED) is 0.572. The number of carbonyl (C=O) groups excluding carboxylic acids is 1. The monoisotopic (exact) mass is 227 g/mol. The topological polar surface area (TPSA) is 48.4 Å². The minimum absolute atomic E-state index is 0.178. The van der Waals surface area contributed by atoms with Crippen LogP contribution in [0.15, 0.2) is 6.07 Å². The Bertz CT molecular complexity index is 406. The van der Waals surface area contributed by atoms with Gasteiger partial charge in [-0.2, -0.15) is 0 Å². The van der Waals surface area contributed by atoms with E-state index < -0.39 is 5.97 Å². The standard InChI is InChI=1S/C10H10ClNO3/c1-2-15-10(13)7-3-6-4-14-5-8(6)12-9(7)11/h3H,2,4-5H2,1H3. The van der Waals surface area contributed by atoms with Gasteiger partial charge < -0.3 is 9.47 Å². The predicted octanol–water partition coefficient (Wildman–Crippen LogP) is 1.94. The number of nitrogens with zero attached hydrogens (tertiary/aromatic N) is 1. The summed E-state index contributed by atoms with van der Waals surface area (Å²) in [4.78, 5) is 15.6. The number of aromatic nitrogens is 1. The van der Waals surface area contributed by atoms with Crippen LogP contribution in [-0.4, -0.2) is 17.6 Å². The fourth-order valence-corrected chi connectivity index (χ4v) is 1.66. The van der Waals surface area contributed by atoms with Crippen molar-refractivity contribution in [2.75, 3.05) is 6.61 Å². The van der Waals surface area contributed by atoms with Crippen molar-refractivity contribution in [3.05, 3.63) is 28.0 Å². The SMILES string of the molecule is CCOC(=O)c1cc2c(nc1Cl)COC2. The lowest BCUT2D eigenvalue weighted by Gasteiger charge is -2.05. The molecule has 0 unspecified atom stereocenters. The van der Waals surface area contributed by atoms with Crippen LogP contribution in [0.5, 0.6) is 0 Å². The summed E-state index contributed by atoms with van der Waals surface area (Å²) in [5, 5.41) is 0.178. The fourth-order valence-electron chi connectivity index (χ4n) is 1.43. The van der Waals surface area contributed by atoms with Gasteiger partial charge in [0.15, 0.2) is 0 Å². The predicted molar refractivity (Wildman–Crippen MR) is 53.7 cm³/mol. The van der Waals surface area contributed by atoms with Crippen LogP contribution in [0.4, 0.5) is 0 Å². The maximum Gasteiger partial charge on any atom is 0.341 e. The summed E-state index contributed by atoms with van der Waals surface area (Å²) in [7, 11) is 0. The highest BCUT2D eigenvalue weighted by molar-refractivity contribution is 6.32. The molecule has 0 radical (unpaired) electrons. The molecule has 5 heteroatoms. The first-order valence-corrected chi connectivity index (χ1v) is 5.03. The number of halogens is 1. The van der Waals surface area contributed by atoms with Crippen molar-refractivity contribution >= 4 is 17.6 Å². The van der Waals surface area contributed by atoms with Crippen molar-refractivity contribution in [2.24, 2.45) is 0 Å². The zero-order valence-electron chi connectivity index (χ0n) is 8.25. The number of hydrogen-bond acceptors (Lipinski definition) is 4. The Labute approximate surface area is 92.2 Å². The minimum atomic E-state index is -0.440. The smallest absolute Gasteiger partial charge is 0.341 e. The molecule has 0 atom stereocenters. The van der Waals surface area contributed by atoms with Crippen LogP contribution in [0.2, 0.25) is 5.15 Å². The molecule has 0 amide bonds. The Hall–Kier alpha value is -1.13. The molecule has 2 heterocycles. The van der Waals surface area contributed by atoms with Gasteiger partial charge in [-0.3, -0.25) is 0 Å². The second-order valence-electron chi connectivity index (χ2n) is 3.15. The highest BCUT2D eigenvalue weighted by atomic mass is 35.5. The summed E-state index contributed by atoms with van der Waals surface area (Å²) < 4.78 is 10.1. The van der Waals surface area contributed by atoms with Gasteiger partial charge in [-0.1, -0.05) is 11.6 Å². The molecule has 0 fully saturated rings. The number of esters is 1. The first-order chi connectivity index (χ1) is 7.22. The Morgan fingerprint density at radius 3 is 3.20 bits per heavy atom. The molecule has 1 aliphatic rings. The molecule has 0 N–H and O–H groups in total. The second-order valence-corrected chi connectivity index (χ2v) is 3.50. The molecule has 0 aliphatic carbocycles. The van der Waals surface area contributed by atoms with Crippen LogP contribution in [0.25, 0.3) is 0 Å². The zero-order valence-corrected chi connectivity index (χ0v) is 9.00. The number of pyridine rings is 1. The van der Waals surface area contributed by atoms with E-state index in [4.69, 9.17) is 21.1 Å². The lowest BCUT2D eigenvalue weighted by molar-refractivity contribution is 0.0526. The summed E-state index contributed by atoms with van der Waals surface area (Å²) in [5.74, 6) is -0.440. The summed E-state index contributed by atoms with van der Waals surface area (Å²) in [6.45, 7) is 3.00. The molecule has 15 heavy (non-hydrogen) atoms. The van der Waals surface area contributed by atoms with Crippen molar-refractivity contribution in [3.8, 4) is 0 Å². The Kier molecular flexibility index (Phi) is 2.88. The average molecular weight is 228 g/mol. The molecule has 2 rings (SSSR count). The van der Waals surface area contributed by atoms with E-state index in [1.165, 1.54) is 0 Å². The molecule has 0 spiro atoms. The van der Waals surface area contributed by atoms with Gasteiger partial charge in [-0.05, 0) is 13.0 Å². The van der Waals surface area contributed by atoms with Gasteiger partial charge in [0.1, 0.15) is 5.15 Å². The molecule has 1 aromatic heterocycles. The van der Waals surface area contributed by atoms with Gasteiger partial charge in [0.25, 0.3) is 0 Å². The van der Waals surface area contributed by atoms with E-state index >= 15 is 0 Å². The molecular formula is C10H10ClNO3. The second kappa shape index (κ2) is 4.16. The van der Waals surface area contributed by atoms with Crippen molar-refractivity contribution in [2.45, 2.75) is 20.1 Å². The summed E-state index contributed by atoms with van der Waals surface area (Å²) in [6, 6.07) is 1.69. The van der Waals surface area contributed by atoms with E-state index in [1.807, 2.05) is 0 Å². The third-order valence-corrected chi connectivity index (χ3v) is 2.42. The first kappa shape index (κ1) is 10.4. The van der Waals surface area contributed by atoms with Crippen LogP contribution >= 0.6 is 11.6 Å². The van der Waals surface area contributed by atoms with Gasteiger partial charge in [0.2, 0.25) is 0 Å². The van der Waals surface area contributed by atoms with Gasteiger partial charge in [-0.15, -0.1) is 0 Å². The minimum Gasteiger partial charge on any atom is -0.462 e. The number of rotatable bonds is 2. The third kappa shape index (κ3) is 1.96. The lowest BCUT2D eigenvalue weighted by Crippen LogP contribution is -2.07. The van der Waals surface area contributed by atoms with E-state index in [0.717, 1.165) is 11.3 Å². The van der Waals surface area contributed by atoms with Crippen molar-refractivity contribution < 1.29 is 14.3 Å². The van der Waals surface area contributed by atoms with Crippen molar-refractivity contribution in [1.29, 1.82) is 0 Å². The average Bonchev–Trinajstić information content (AvgIpc) is 2.63. The summed E-state index contributed by atoms with van der Waals surface area (Å²) >= 11 is 5.87. The van der Waals surface area contributed by atoms with Crippen molar-refractivity contribution in [3.63, 3.8) is 0 Å². The largest absolute Gasteiger partial charge is 0.462 e. The normalized spacial score (nSPS) is 13.7. The Balaban J connectivity index is 2.36. The van der Waals surface area contributed by atoms with Crippen LogP contribution in [0, 0.1) is 0 Å². The van der Waals surface area contributed by atoms with Gasteiger partial charge in [0.05, 0.1) is 31.1 Å². The molecule has 0 aromatic carbocycles. The molecule has 0 saturated heterocycles. The molecule has 80 valence electrons. The van der Waals surface area contributed by atoms with E-state index in [9.17, 15) is 4.79 Å². The zero-order chi connectivity index (χ0) is 10.8. The molecule has 1 aromatic rings. The van der Waals surface area contributed by atoms with E-state index in [2.05, 4.69) is 4.98 Å². The fraction of sp³-hybridized carbons (Fsp3) is 0.400.